The number of carbonyl (C=O) groups excluding carboxylic acids is 1. The molecule has 3 aromatic carbocycles. The maximum atomic E-state index is 12.9. The monoisotopic (exact) mass is 476 g/mol. The largest absolute Gasteiger partial charge is 0.507 e. The zero-order valence-electron chi connectivity index (χ0n) is 19.1. The molecule has 0 aliphatic heterocycles. The summed E-state index contributed by atoms with van der Waals surface area (Å²) in [5.41, 5.74) is 5.44. The van der Waals surface area contributed by atoms with Crippen molar-refractivity contribution in [1.29, 1.82) is 0 Å². The van der Waals surface area contributed by atoms with E-state index < -0.39 is 0 Å². The molecular formula is C27H20N6O3. The molecule has 0 fully saturated rings. The Kier molecular flexibility index (Phi) is 5.07. The van der Waals surface area contributed by atoms with Crippen LogP contribution in [-0.2, 0) is 0 Å². The number of nitrogens with one attached hydrogen (secondary N) is 3. The minimum Gasteiger partial charge on any atom is -0.507 e. The van der Waals surface area contributed by atoms with Gasteiger partial charge in [0.2, 0.25) is 5.88 Å². The van der Waals surface area contributed by atoms with E-state index in [2.05, 4.69) is 30.5 Å². The number of aromatic nitrogens is 5. The summed E-state index contributed by atoms with van der Waals surface area (Å²) in [5.74, 6) is 0.789. The number of nitrogens with zero attached hydrogens (tertiary/aromatic N) is 3. The van der Waals surface area contributed by atoms with Crippen molar-refractivity contribution in [2.45, 2.75) is 0 Å². The summed E-state index contributed by atoms with van der Waals surface area (Å²) < 4.78 is 5.38. The van der Waals surface area contributed by atoms with Crippen molar-refractivity contribution in [2.24, 2.45) is 0 Å². The molecule has 0 radical (unpaired) electrons. The number of imidazole rings is 1. The fourth-order valence-electron chi connectivity index (χ4n) is 4.16. The lowest BCUT2D eigenvalue weighted by Gasteiger charge is -2.09. The maximum absolute atomic E-state index is 12.9. The first-order chi connectivity index (χ1) is 17.6. The first-order valence-electron chi connectivity index (χ1n) is 11.2. The van der Waals surface area contributed by atoms with E-state index in [1.54, 1.807) is 49.8 Å². The van der Waals surface area contributed by atoms with Gasteiger partial charge in [0.15, 0.2) is 0 Å². The topological polar surface area (TPSA) is 129 Å². The van der Waals surface area contributed by atoms with Gasteiger partial charge in [0.1, 0.15) is 11.6 Å². The number of pyridine rings is 1. The average Bonchev–Trinajstić information content (AvgIpc) is 3.55. The van der Waals surface area contributed by atoms with Crippen LogP contribution in [0.3, 0.4) is 0 Å². The van der Waals surface area contributed by atoms with E-state index in [1.165, 1.54) is 0 Å². The van der Waals surface area contributed by atoms with Gasteiger partial charge >= 0.3 is 0 Å². The highest BCUT2D eigenvalue weighted by atomic mass is 16.5. The second-order valence-corrected chi connectivity index (χ2v) is 8.24. The Bertz CT molecular complexity index is 1750. The Labute approximate surface area is 204 Å². The van der Waals surface area contributed by atoms with E-state index in [-0.39, 0.29) is 11.7 Å². The number of H-pyrrole nitrogens is 2. The highest BCUT2D eigenvalue weighted by Gasteiger charge is 2.15. The summed E-state index contributed by atoms with van der Waals surface area (Å²) in [5, 5.41) is 21.3. The van der Waals surface area contributed by atoms with Crippen LogP contribution in [0.5, 0.6) is 11.6 Å². The Balaban J connectivity index is 1.32. The van der Waals surface area contributed by atoms with Crippen LogP contribution in [0, 0.1) is 0 Å². The molecule has 0 atom stereocenters. The number of hydrogen-bond donors (Lipinski definition) is 4. The smallest absolute Gasteiger partial charge is 0.255 e. The predicted molar refractivity (Wildman–Crippen MR) is 137 cm³/mol. The van der Waals surface area contributed by atoms with Crippen LogP contribution in [0.25, 0.3) is 44.5 Å². The highest BCUT2D eigenvalue weighted by molar-refractivity contribution is 6.06. The SMILES string of the molecule is COc1ncccc1-c1ccc(O)c(-c2nc3cc(C(=O)Nc4ccc5cn[nH]c5c4)ccc3[nH]2)c1. The second kappa shape index (κ2) is 8.55. The quantitative estimate of drug-likeness (QED) is 0.273. The van der Waals surface area contributed by atoms with Crippen molar-refractivity contribution < 1.29 is 14.6 Å². The van der Waals surface area contributed by atoms with Gasteiger partial charge < -0.3 is 20.1 Å². The summed E-state index contributed by atoms with van der Waals surface area (Å²) in [6, 6.07) is 19.7. The Morgan fingerprint density at radius 3 is 2.81 bits per heavy atom. The Morgan fingerprint density at radius 1 is 1.00 bits per heavy atom. The molecule has 1 amide bonds. The minimum atomic E-state index is -0.256. The number of phenolic OH excluding ortho intramolecular Hbond substituents is 1. The summed E-state index contributed by atoms with van der Waals surface area (Å²) in [6.45, 7) is 0. The molecule has 6 aromatic rings. The summed E-state index contributed by atoms with van der Waals surface area (Å²) >= 11 is 0. The highest BCUT2D eigenvalue weighted by Crippen LogP contribution is 2.35. The molecule has 6 rings (SSSR count). The molecular weight excluding hydrogens is 456 g/mol. The maximum Gasteiger partial charge on any atom is 0.255 e. The Morgan fingerprint density at radius 2 is 1.92 bits per heavy atom. The molecule has 0 saturated carbocycles. The molecule has 4 N–H and O–H groups in total. The van der Waals surface area contributed by atoms with E-state index in [0.29, 0.717) is 34.0 Å². The number of carbonyl (C=O) groups is 1. The number of benzene rings is 3. The molecule has 3 heterocycles. The van der Waals surface area contributed by atoms with Crippen molar-refractivity contribution in [3.8, 4) is 34.1 Å². The van der Waals surface area contributed by atoms with E-state index in [1.807, 2.05) is 36.4 Å². The fraction of sp³-hybridized carbons (Fsp3) is 0.0370. The molecule has 36 heavy (non-hydrogen) atoms. The third kappa shape index (κ3) is 3.78. The Hall–Kier alpha value is -5.18. The van der Waals surface area contributed by atoms with Crippen molar-refractivity contribution >= 4 is 33.5 Å². The van der Waals surface area contributed by atoms with Crippen LogP contribution in [0.2, 0.25) is 0 Å². The van der Waals surface area contributed by atoms with Crippen molar-refractivity contribution in [3.63, 3.8) is 0 Å². The first-order valence-corrected chi connectivity index (χ1v) is 11.2. The first kappa shape index (κ1) is 21.4. The number of rotatable bonds is 5. The number of aromatic amines is 2. The molecule has 0 aliphatic carbocycles. The lowest BCUT2D eigenvalue weighted by molar-refractivity contribution is 0.102. The van der Waals surface area contributed by atoms with Crippen molar-refractivity contribution in [2.75, 3.05) is 12.4 Å². The van der Waals surface area contributed by atoms with E-state index in [9.17, 15) is 9.90 Å². The van der Waals surface area contributed by atoms with Crippen LogP contribution in [0.4, 0.5) is 5.69 Å². The molecule has 0 aliphatic rings. The third-order valence-electron chi connectivity index (χ3n) is 5.97. The van der Waals surface area contributed by atoms with Crippen LogP contribution in [0.1, 0.15) is 10.4 Å². The summed E-state index contributed by atoms with van der Waals surface area (Å²) in [6.07, 6.45) is 3.39. The number of aromatic hydroxyl groups is 1. The number of methoxy groups -OCH3 is 1. The lowest BCUT2D eigenvalue weighted by Crippen LogP contribution is -2.11. The summed E-state index contributed by atoms with van der Waals surface area (Å²) in [7, 11) is 1.57. The van der Waals surface area contributed by atoms with Crippen molar-refractivity contribution in [3.05, 3.63) is 84.7 Å². The number of amides is 1. The zero-order chi connectivity index (χ0) is 24.6. The molecule has 0 saturated heterocycles. The van der Waals surface area contributed by atoms with Gasteiger partial charge in [0.25, 0.3) is 5.91 Å². The fourth-order valence-corrected chi connectivity index (χ4v) is 4.16. The average molecular weight is 476 g/mol. The molecule has 9 heteroatoms. The zero-order valence-corrected chi connectivity index (χ0v) is 19.1. The van der Waals surface area contributed by atoms with Gasteiger partial charge in [0.05, 0.1) is 35.4 Å². The van der Waals surface area contributed by atoms with Gasteiger partial charge in [-0.05, 0) is 66.2 Å². The van der Waals surface area contributed by atoms with Gasteiger partial charge in [-0.15, -0.1) is 0 Å². The number of hydrogen-bond acceptors (Lipinski definition) is 6. The molecule has 176 valence electrons. The number of ether oxygens (including phenoxy) is 1. The van der Waals surface area contributed by atoms with Gasteiger partial charge in [-0.3, -0.25) is 9.89 Å². The van der Waals surface area contributed by atoms with Crippen LogP contribution < -0.4 is 10.1 Å². The normalized spacial score (nSPS) is 11.1. The van der Waals surface area contributed by atoms with E-state index >= 15 is 0 Å². The molecule has 0 unspecified atom stereocenters. The van der Waals surface area contributed by atoms with Crippen LogP contribution >= 0.6 is 0 Å². The third-order valence-corrected chi connectivity index (χ3v) is 5.97. The molecule has 0 bridgehead atoms. The standard InChI is InChI=1S/C27H20N6O3/c1-36-27-19(3-2-10-28-27)15-6-9-24(34)20(11-15)25-31-21-8-5-16(12-23(21)32-25)26(35)30-18-7-4-17-14-29-33-22(17)13-18/h2-14,34H,1H3,(H,29,33)(H,30,35)(H,31,32). The van der Waals surface area contributed by atoms with Gasteiger partial charge in [-0.1, -0.05) is 6.07 Å². The molecule has 9 nitrogen and oxygen atoms in total. The van der Waals surface area contributed by atoms with Crippen LogP contribution in [-0.4, -0.2) is 43.3 Å². The van der Waals surface area contributed by atoms with E-state index in [4.69, 9.17) is 4.74 Å². The predicted octanol–water partition coefficient (Wildman–Crippen LogP) is 5.13. The molecule has 3 aromatic heterocycles. The number of fused-ring (bicyclic) bond motifs is 2. The molecule has 0 spiro atoms. The number of anilines is 1. The van der Waals surface area contributed by atoms with Gasteiger partial charge in [-0.25, -0.2) is 9.97 Å². The van der Waals surface area contributed by atoms with Gasteiger partial charge in [0, 0.05) is 28.4 Å². The lowest BCUT2D eigenvalue weighted by atomic mass is 10.0. The number of phenols is 1. The van der Waals surface area contributed by atoms with E-state index in [0.717, 1.165) is 27.5 Å². The van der Waals surface area contributed by atoms with Crippen molar-refractivity contribution in [1.82, 2.24) is 25.1 Å². The van der Waals surface area contributed by atoms with Gasteiger partial charge in [-0.2, -0.15) is 5.10 Å². The minimum absolute atomic E-state index is 0.0767. The second-order valence-electron chi connectivity index (χ2n) is 8.24. The van der Waals surface area contributed by atoms with Crippen LogP contribution in [0.15, 0.2) is 79.1 Å². The summed E-state index contributed by atoms with van der Waals surface area (Å²) in [4.78, 5) is 25.0.